The van der Waals surface area contributed by atoms with Gasteiger partial charge >= 0.3 is 0 Å². The second-order valence-corrected chi connectivity index (χ2v) is 6.36. The van der Waals surface area contributed by atoms with Gasteiger partial charge in [-0.2, -0.15) is 0 Å². The van der Waals surface area contributed by atoms with Gasteiger partial charge in [-0.3, -0.25) is 0 Å². The topological polar surface area (TPSA) is 32.3 Å². The fraction of sp³-hybridized carbons (Fsp3) is 0.368. The van der Waals surface area contributed by atoms with Crippen LogP contribution in [0.1, 0.15) is 35.6 Å². The molecule has 2 unspecified atom stereocenters. The van der Waals surface area contributed by atoms with E-state index in [0.29, 0.717) is 0 Å². The summed E-state index contributed by atoms with van der Waals surface area (Å²) in [5, 5.41) is 14.7. The highest BCUT2D eigenvalue weighted by atomic mass is 16.3. The number of nitrogens with one attached hydrogen (secondary N) is 1. The lowest BCUT2D eigenvalue weighted by Gasteiger charge is -2.39. The number of rotatable bonds is 2. The first-order valence-corrected chi connectivity index (χ1v) is 7.63. The van der Waals surface area contributed by atoms with Gasteiger partial charge in [-0.15, -0.1) is 0 Å². The highest BCUT2D eigenvalue weighted by molar-refractivity contribution is 5.55. The summed E-state index contributed by atoms with van der Waals surface area (Å²) in [4.78, 5) is 0. The van der Waals surface area contributed by atoms with Crippen LogP contribution < -0.4 is 5.32 Å². The second kappa shape index (κ2) is 5.19. The highest BCUT2D eigenvalue weighted by Gasteiger charge is 2.36. The molecule has 1 heterocycles. The number of hydrogen-bond donors (Lipinski definition) is 2. The Labute approximate surface area is 126 Å². The molecule has 2 nitrogen and oxygen atoms in total. The van der Waals surface area contributed by atoms with Gasteiger partial charge in [0.2, 0.25) is 0 Å². The summed E-state index contributed by atoms with van der Waals surface area (Å²) in [6, 6.07) is 14.7. The van der Waals surface area contributed by atoms with Crippen molar-refractivity contribution in [3.05, 3.63) is 64.7 Å². The molecule has 2 atom stereocenters. The Morgan fingerprint density at radius 3 is 2.71 bits per heavy atom. The average Bonchev–Trinajstić information content (AvgIpc) is 2.49. The molecule has 0 radical (unpaired) electrons. The van der Waals surface area contributed by atoms with Gasteiger partial charge in [0.1, 0.15) is 5.60 Å². The van der Waals surface area contributed by atoms with E-state index in [0.717, 1.165) is 29.7 Å². The zero-order valence-corrected chi connectivity index (χ0v) is 13.0. The van der Waals surface area contributed by atoms with E-state index in [1.165, 1.54) is 11.1 Å². The molecule has 2 N–H and O–H groups in total. The third kappa shape index (κ3) is 2.56. The normalized spacial score (nSPS) is 20.3. The first-order chi connectivity index (χ1) is 9.98. The Hall–Kier alpha value is -1.80. The number of hydrogen-bond acceptors (Lipinski definition) is 2. The Balaban J connectivity index is 1.94. The van der Waals surface area contributed by atoms with Crippen LogP contribution in [0.25, 0.3) is 0 Å². The van der Waals surface area contributed by atoms with Gasteiger partial charge in [-0.25, -0.2) is 0 Å². The molecule has 1 aliphatic rings. The van der Waals surface area contributed by atoms with Crippen LogP contribution in [0.2, 0.25) is 0 Å². The van der Waals surface area contributed by atoms with Crippen LogP contribution >= 0.6 is 0 Å². The van der Waals surface area contributed by atoms with Crippen molar-refractivity contribution in [2.75, 3.05) is 5.32 Å². The molecule has 2 heteroatoms. The minimum absolute atomic E-state index is 0.0351. The maximum atomic E-state index is 11.2. The third-order valence-electron chi connectivity index (χ3n) is 4.67. The van der Waals surface area contributed by atoms with Crippen LogP contribution in [0.5, 0.6) is 0 Å². The lowest BCUT2D eigenvalue weighted by molar-refractivity contribution is 0.0316. The zero-order chi connectivity index (χ0) is 15.0. The molecule has 0 saturated carbocycles. The van der Waals surface area contributed by atoms with Crippen LogP contribution in [0, 0.1) is 13.8 Å². The van der Waals surface area contributed by atoms with E-state index >= 15 is 0 Å². The lowest BCUT2D eigenvalue weighted by Crippen LogP contribution is -2.44. The molecule has 2 aromatic carbocycles. The molecule has 21 heavy (non-hydrogen) atoms. The summed E-state index contributed by atoms with van der Waals surface area (Å²) in [6.45, 7) is 6.07. The quantitative estimate of drug-likeness (QED) is 0.874. The van der Waals surface area contributed by atoms with Gasteiger partial charge in [0.05, 0.1) is 6.04 Å². The van der Waals surface area contributed by atoms with E-state index in [4.69, 9.17) is 0 Å². The summed E-state index contributed by atoms with van der Waals surface area (Å²) in [5.74, 6) is 0. The van der Waals surface area contributed by atoms with Crippen LogP contribution in [0.15, 0.2) is 42.5 Å². The molecule has 0 aliphatic carbocycles. The summed E-state index contributed by atoms with van der Waals surface area (Å²) in [6.07, 6.45) is 1.95. The largest absolute Gasteiger partial charge is 0.383 e. The van der Waals surface area contributed by atoms with Crippen LogP contribution in [-0.2, 0) is 12.0 Å². The van der Waals surface area contributed by atoms with Crippen molar-refractivity contribution in [2.45, 2.75) is 45.3 Å². The molecule has 1 aliphatic heterocycles. The monoisotopic (exact) mass is 281 g/mol. The molecule has 110 valence electrons. The van der Waals surface area contributed by atoms with Crippen molar-refractivity contribution in [3.8, 4) is 0 Å². The van der Waals surface area contributed by atoms with Crippen molar-refractivity contribution >= 4 is 5.69 Å². The van der Waals surface area contributed by atoms with Crippen molar-refractivity contribution in [1.82, 2.24) is 0 Å². The fourth-order valence-electron chi connectivity index (χ4n) is 3.33. The van der Waals surface area contributed by atoms with E-state index in [-0.39, 0.29) is 6.04 Å². The number of para-hydroxylation sites is 1. The lowest BCUT2D eigenvalue weighted by atomic mass is 9.80. The second-order valence-electron chi connectivity index (χ2n) is 6.36. The first kappa shape index (κ1) is 14.2. The molecule has 0 aromatic heterocycles. The molecule has 3 rings (SSSR count). The Kier molecular flexibility index (Phi) is 3.50. The van der Waals surface area contributed by atoms with Gasteiger partial charge in [0.15, 0.2) is 0 Å². The highest BCUT2D eigenvalue weighted by Crippen LogP contribution is 2.36. The van der Waals surface area contributed by atoms with Crippen LogP contribution in [0.4, 0.5) is 5.69 Å². The van der Waals surface area contributed by atoms with Crippen LogP contribution in [-0.4, -0.2) is 11.1 Å². The molecule has 2 aromatic rings. The van der Waals surface area contributed by atoms with Gasteiger partial charge in [0.25, 0.3) is 0 Å². The van der Waals surface area contributed by atoms with Crippen molar-refractivity contribution in [2.24, 2.45) is 0 Å². The van der Waals surface area contributed by atoms with Gasteiger partial charge in [-0.05, 0) is 56.4 Å². The zero-order valence-electron chi connectivity index (χ0n) is 13.0. The predicted molar refractivity (Wildman–Crippen MR) is 87.7 cm³/mol. The fourth-order valence-corrected chi connectivity index (χ4v) is 3.33. The van der Waals surface area contributed by atoms with Gasteiger partial charge < -0.3 is 10.4 Å². The van der Waals surface area contributed by atoms with E-state index < -0.39 is 5.60 Å². The van der Waals surface area contributed by atoms with Crippen LogP contribution in [0.3, 0.4) is 0 Å². The maximum Gasteiger partial charge on any atom is 0.107 e. The molecule has 0 spiro atoms. The third-order valence-corrected chi connectivity index (χ3v) is 4.67. The standard InChI is InChI=1S/C19H23NO/c1-13-8-9-14(2)16(12-13)19(3,21)18-11-10-15-6-4-5-7-17(15)20-18/h4-9,12,18,20-21H,10-11H2,1-3H3. The number of aryl methyl sites for hydroxylation is 3. The summed E-state index contributed by atoms with van der Waals surface area (Å²) >= 11 is 0. The van der Waals surface area contributed by atoms with Crippen molar-refractivity contribution in [1.29, 1.82) is 0 Å². The van der Waals surface area contributed by atoms with E-state index in [1.54, 1.807) is 0 Å². The Morgan fingerprint density at radius 2 is 1.90 bits per heavy atom. The number of anilines is 1. The number of fused-ring (bicyclic) bond motifs is 1. The predicted octanol–water partition coefficient (Wildman–Crippen LogP) is 3.94. The number of aliphatic hydroxyl groups is 1. The molecule has 0 amide bonds. The molecular formula is C19H23NO. The smallest absolute Gasteiger partial charge is 0.107 e. The van der Waals surface area contributed by atoms with Gasteiger partial charge in [-0.1, -0.05) is 42.0 Å². The summed E-state index contributed by atoms with van der Waals surface area (Å²) in [7, 11) is 0. The maximum absolute atomic E-state index is 11.2. The SMILES string of the molecule is Cc1ccc(C)c(C(C)(O)C2CCc3ccccc3N2)c1. The van der Waals surface area contributed by atoms with Crippen molar-refractivity contribution in [3.63, 3.8) is 0 Å². The summed E-state index contributed by atoms with van der Waals surface area (Å²) < 4.78 is 0. The average molecular weight is 281 g/mol. The first-order valence-electron chi connectivity index (χ1n) is 7.63. The molecular weight excluding hydrogens is 258 g/mol. The summed E-state index contributed by atoms with van der Waals surface area (Å²) in [5.41, 5.74) is 4.98. The number of benzene rings is 2. The molecule has 0 fully saturated rings. The Morgan fingerprint density at radius 1 is 1.14 bits per heavy atom. The Bertz CT molecular complexity index is 660. The molecule has 0 saturated heterocycles. The van der Waals surface area contributed by atoms with Gasteiger partial charge in [0, 0.05) is 5.69 Å². The minimum Gasteiger partial charge on any atom is -0.383 e. The van der Waals surface area contributed by atoms with E-state index in [1.807, 2.05) is 13.0 Å². The minimum atomic E-state index is -0.871. The van der Waals surface area contributed by atoms with E-state index in [2.05, 4.69) is 55.6 Å². The van der Waals surface area contributed by atoms with Crippen molar-refractivity contribution < 1.29 is 5.11 Å². The molecule has 0 bridgehead atoms. The van der Waals surface area contributed by atoms with E-state index in [9.17, 15) is 5.11 Å².